The molecule has 0 radical (unpaired) electrons. The summed E-state index contributed by atoms with van der Waals surface area (Å²) in [5, 5.41) is 3.56. The molecule has 2 heterocycles. The number of likely N-dealkylation sites (N-methyl/N-ethyl adjacent to an activating group) is 1. The van der Waals surface area contributed by atoms with Crippen LogP contribution in [0.15, 0.2) is 18.2 Å². The molecule has 100 valence electrons. The van der Waals surface area contributed by atoms with Crippen molar-refractivity contribution in [3.8, 4) is 0 Å². The summed E-state index contributed by atoms with van der Waals surface area (Å²) in [5.41, 5.74) is 1.10. The van der Waals surface area contributed by atoms with Crippen molar-refractivity contribution in [3.63, 3.8) is 0 Å². The largest absolute Gasteiger partial charge is 0.352 e. The molecule has 18 heavy (non-hydrogen) atoms. The van der Waals surface area contributed by atoms with Crippen LogP contribution in [-0.4, -0.2) is 30.2 Å². The molecule has 0 spiro atoms. The lowest BCUT2D eigenvalue weighted by Crippen LogP contribution is -2.51. The van der Waals surface area contributed by atoms with Gasteiger partial charge in [-0.25, -0.2) is 4.98 Å². The Morgan fingerprint density at radius 3 is 3.00 bits per heavy atom. The van der Waals surface area contributed by atoms with Crippen molar-refractivity contribution in [1.82, 2.24) is 10.3 Å². The second-order valence-electron chi connectivity index (χ2n) is 5.24. The van der Waals surface area contributed by atoms with Crippen LogP contribution in [-0.2, 0) is 0 Å². The Bertz CT molecular complexity index is 378. The number of nitrogens with zero attached hydrogens (tertiary/aromatic N) is 2. The van der Waals surface area contributed by atoms with E-state index in [2.05, 4.69) is 54.2 Å². The Labute approximate surface area is 111 Å². The normalized spacial score (nSPS) is 21.9. The van der Waals surface area contributed by atoms with Crippen molar-refractivity contribution in [1.29, 1.82) is 0 Å². The second-order valence-corrected chi connectivity index (χ2v) is 5.24. The number of rotatable bonds is 4. The molecule has 1 saturated heterocycles. The van der Waals surface area contributed by atoms with Gasteiger partial charge in [-0.1, -0.05) is 13.0 Å². The van der Waals surface area contributed by atoms with Crippen LogP contribution in [0.4, 0.5) is 5.82 Å². The molecule has 0 amide bonds. The molecule has 2 unspecified atom stereocenters. The van der Waals surface area contributed by atoms with Gasteiger partial charge in [0, 0.05) is 24.3 Å². The first-order valence-corrected chi connectivity index (χ1v) is 7.16. The lowest BCUT2D eigenvalue weighted by molar-refractivity contribution is 0.370. The predicted octanol–water partition coefficient (Wildman–Crippen LogP) is 2.75. The molecule has 1 N–H and O–H groups in total. The molecule has 0 saturated carbocycles. The molecule has 2 rings (SSSR count). The molecule has 3 nitrogen and oxygen atoms in total. The Hall–Kier alpha value is -1.09. The van der Waals surface area contributed by atoms with Crippen molar-refractivity contribution in [3.05, 3.63) is 23.9 Å². The Morgan fingerprint density at radius 1 is 1.44 bits per heavy atom. The van der Waals surface area contributed by atoms with E-state index in [1.54, 1.807) is 0 Å². The van der Waals surface area contributed by atoms with Gasteiger partial charge in [0.1, 0.15) is 5.82 Å². The molecular weight excluding hydrogens is 222 g/mol. The highest BCUT2D eigenvalue weighted by Crippen LogP contribution is 2.25. The minimum absolute atomic E-state index is 0.526. The SMILES string of the molecule is CCNC(C)C1CCCCN1c1cccc(C)n1. The Kier molecular flexibility index (Phi) is 4.59. The van der Waals surface area contributed by atoms with Gasteiger partial charge in [-0.05, 0) is 51.8 Å². The first kappa shape index (κ1) is 13.3. The Morgan fingerprint density at radius 2 is 2.28 bits per heavy atom. The van der Waals surface area contributed by atoms with E-state index in [0.29, 0.717) is 12.1 Å². The third kappa shape index (κ3) is 3.02. The van der Waals surface area contributed by atoms with E-state index in [1.165, 1.54) is 19.3 Å². The molecule has 0 aromatic carbocycles. The maximum absolute atomic E-state index is 4.69. The fourth-order valence-corrected chi connectivity index (χ4v) is 2.91. The zero-order valence-corrected chi connectivity index (χ0v) is 11.8. The number of aromatic nitrogens is 1. The average Bonchev–Trinajstić information content (AvgIpc) is 2.39. The highest BCUT2D eigenvalue weighted by atomic mass is 15.2. The molecule has 1 aromatic rings. The third-order valence-electron chi connectivity index (χ3n) is 3.82. The zero-order valence-electron chi connectivity index (χ0n) is 11.8. The maximum Gasteiger partial charge on any atom is 0.129 e. The van der Waals surface area contributed by atoms with Gasteiger partial charge < -0.3 is 10.2 Å². The maximum atomic E-state index is 4.69. The summed E-state index contributed by atoms with van der Waals surface area (Å²) in [6.07, 6.45) is 3.89. The first-order chi connectivity index (χ1) is 8.72. The van der Waals surface area contributed by atoms with E-state index in [-0.39, 0.29) is 0 Å². The van der Waals surface area contributed by atoms with Crippen LogP contribution in [0.5, 0.6) is 0 Å². The van der Waals surface area contributed by atoms with Gasteiger partial charge >= 0.3 is 0 Å². The van der Waals surface area contributed by atoms with Gasteiger partial charge in [0.2, 0.25) is 0 Å². The fourth-order valence-electron chi connectivity index (χ4n) is 2.91. The summed E-state index contributed by atoms with van der Waals surface area (Å²) in [7, 11) is 0. The molecule has 0 aliphatic carbocycles. The molecule has 1 aromatic heterocycles. The average molecular weight is 247 g/mol. The number of anilines is 1. The van der Waals surface area contributed by atoms with Crippen molar-refractivity contribution >= 4 is 5.82 Å². The van der Waals surface area contributed by atoms with Crippen molar-refractivity contribution in [2.75, 3.05) is 18.0 Å². The number of hydrogen-bond acceptors (Lipinski definition) is 3. The standard InChI is InChI=1S/C15H25N3/c1-4-16-13(3)14-9-5-6-11-18(14)15-10-7-8-12(2)17-15/h7-8,10,13-14,16H,4-6,9,11H2,1-3H3. The van der Waals surface area contributed by atoms with Crippen LogP contribution in [0.3, 0.4) is 0 Å². The van der Waals surface area contributed by atoms with Crippen molar-refractivity contribution < 1.29 is 0 Å². The van der Waals surface area contributed by atoms with Gasteiger partial charge in [-0.15, -0.1) is 0 Å². The molecular formula is C15H25N3. The quantitative estimate of drug-likeness (QED) is 0.886. The highest BCUT2D eigenvalue weighted by Gasteiger charge is 2.27. The van der Waals surface area contributed by atoms with Crippen LogP contribution in [0.1, 0.15) is 38.8 Å². The third-order valence-corrected chi connectivity index (χ3v) is 3.82. The van der Waals surface area contributed by atoms with E-state index in [9.17, 15) is 0 Å². The van der Waals surface area contributed by atoms with Crippen molar-refractivity contribution in [2.45, 2.75) is 52.1 Å². The molecule has 1 aliphatic heterocycles. The summed E-state index contributed by atoms with van der Waals surface area (Å²) in [6.45, 7) is 8.71. The van der Waals surface area contributed by atoms with Gasteiger partial charge in [0.05, 0.1) is 0 Å². The zero-order chi connectivity index (χ0) is 13.0. The number of pyridine rings is 1. The van der Waals surface area contributed by atoms with Crippen LogP contribution in [0, 0.1) is 6.92 Å². The van der Waals surface area contributed by atoms with Crippen LogP contribution >= 0.6 is 0 Å². The first-order valence-electron chi connectivity index (χ1n) is 7.16. The summed E-state index contributed by atoms with van der Waals surface area (Å²) >= 11 is 0. The van der Waals surface area contributed by atoms with Gasteiger partial charge in [-0.3, -0.25) is 0 Å². The molecule has 3 heteroatoms. The predicted molar refractivity (Wildman–Crippen MR) is 77.1 cm³/mol. The van der Waals surface area contributed by atoms with Crippen LogP contribution in [0.2, 0.25) is 0 Å². The van der Waals surface area contributed by atoms with Crippen LogP contribution < -0.4 is 10.2 Å². The minimum atomic E-state index is 0.526. The molecule has 2 atom stereocenters. The van der Waals surface area contributed by atoms with E-state index in [4.69, 9.17) is 0 Å². The topological polar surface area (TPSA) is 28.2 Å². The van der Waals surface area contributed by atoms with E-state index < -0.39 is 0 Å². The summed E-state index contributed by atoms with van der Waals surface area (Å²) in [5.74, 6) is 1.14. The second kappa shape index (κ2) is 6.19. The van der Waals surface area contributed by atoms with Gasteiger partial charge in [-0.2, -0.15) is 0 Å². The lowest BCUT2D eigenvalue weighted by Gasteiger charge is -2.40. The summed E-state index contributed by atoms with van der Waals surface area (Å²) < 4.78 is 0. The number of piperidine rings is 1. The van der Waals surface area contributed by atoms with Crippen LogP contribution in [0.25, 0.3) is 0 Å². The summed E-state index contributed by atoms with van der Waals surface area (Å²) in [6, 6.07) is 7.42. The van der Waals surface area contributed by atoms with E-state index in [0.717, 1.165) is 24.6 Å². The monoisotopic (exact) mass is 247 g/mol. The molecule has 1 aliphatic rings. The smallest absolute Gasteiger partial charge is 0.129 e. The van der Waals surface area contributed by atoms with Crippen molar-refractivity contribution in [2.24, 2.45) is 0 Å². The van der Waals surface area contributed by atoms with E-state index in [1.807, 2.05) is 0 Å². The summed E-state index contributed by atoms with van der Waals surface area (Å²) in [4.78, 5) is 7.18. The Balaban J connectivity index is 2.17. The number of nitrogens with one attached hydrogen (secondary N) is 1. The number of aryl methyl sites for hydroxylation is 1. The van der Waals surface area contributed by atoms with Gasteiger partial charge in [0.25, 0.3) is 0 Å². The fraction of sp³-hybridized carbons (Fsp3) is 0.667. The van der Waals surface area contributed by atoms with Gasteiger partial charge in [0.15, 0.2) is 0 Å². The van der Waals surface area contributed by atoms with E-state index >= 15 is 0 Å². The number of hydrogen-bond donors (Lipinski definition) is 1. The molecule has 0 bridgehead atoms. The lowest BCUT2D eigenvalue weighted by atomic mass is 9.96. The minimum Gasteiger partial charge on any atom is -0.352 e. The molecule has 1 fully saturated rings. The highest BCUT2D eigenvalue weighted by molar-refractivity contribution is 5.41.